The lowest BCUT2D eigenvalue weighted by molar-refractivity contribution is -0.122. The minimum absolute atomic E-state index is 0.0116. The molecule has 0 fully saturated rings. The highest BCUT2D eigenvalue weighted by Gasteiger charge is 2.22. The number of aromatic nitrogens is 4. The number of rotatable bonds is 7. The number of fused-ring (bicyclic) bond motifs is 1. The van der Waals surface area contributed by atoms with Crippen LogP contribution in [0.15, 0.2) is 42.5 Å². The smallest absolute Gasteiger partial charge is 0.243 e. The summed E-state index contributed by atoms with van der Waals surface area (Å²) in [6, 6.07) is 13.5. The van der Waals surface area contributed by atoms with Gasteiger partial charge in [-0.3, -0.25) is 4.79 Å². The van der Waals surface area contributed by atoms with Crippen LogP contribution >= 0.6 is 0 Å². The van der Waals surface area contributed by atoms with E-state index in [1.54, 1.807) is 0 Å². The van der Waals surface area contributed by atoms with Crippen LogP contribution < -0.4 is 14.8 Å². The molecule has 1 aliphatic rings. The van der Waals surface area contributed by atoms with Crippen molar-refractivity contribution in [3.8, 4) is 22.9 Å². The highest BCUT2D eigenvalue weighted by Crippen LogP contribution is 2.35. The van der Waals surface area contributed by atoms with Gasteiger partial charge in [-0.1, -0.05) is 30.3 Å². The van der Waals surface area contributed by atoms with E-state index >= 15 is 0 Å². The number of ether oxygens (including phenoxy) is 2. The molecule has 0 saturated heterocycles. The SMILES string of the molecule is CCOc1cc2c(cc1CNC(=O)Cn1nnc(-c3ccccc3)n1)O[C@H](C)C2. The van der Waals surface area contributed by atoms with Crippen molar-refractivity contribution in [1.82, 2.24) is 25.5 Å². The summed E-state index contributed by atoms with van der Waals surface area (Å²) < 4.78 is 11.6. The zero-order valence-electron chi connectivity index (χ0n) is 16.5. The van der Waals surface area contributed by atoms with Crippen molar-refractivity contribution in [2.24, 2.45) is 0 Å². The molecule has 0 radical (unpaired) electrons. The predicted molar refractivity (Wildman–Crippen MR) is 107 cm³/mol. The summed E-state index contributed by atoms with van der Waals surface area (Å²) in [5.74, 6) is 1.91. The Bertz CT molecular complexity index is 1000. The standard InChI is InChI=1S/C21H23N5O3/c1-3-28-18-10-16-9-14(2)29-19(16)11-17(18)12-22-20(27)13-26-24-21(23-25-26)15-7-5-4-6-8-15/h4-8,10-11,14H,3,9,12-13H2,1-2H3,(H,22,27)/t14-/m1/s1. The van der Waals surface area contributed by atoms with Gasteiger partial charge in [0, 0.05) is 29.7 Å². The van der Waals surface area contributed by atoms with Crippen LogP contribution in [-0.4, -0.2) is 38.8 Å². The first kappa shape index (κ1) is 18.9. The number of benzene rings is 2. The Hall–Kier alpha value is -3.42. The van der Waals surface area contributed by atoms with Gasteiger partial charge in [0.15, 0.2) is 0 Å². The van der Waals surface area contributed by atoms with Crippen LogP contribution in [0.4, 0.5) is 0 Å². The second-order valence-corrected chi connectivity index (χ2v) is 6.92. The minimum Gasteiger partial charge on any atom is -0.494 e. The predicted octanol–water partition coefficient (Wildman–Crippen LogP) is 2.38. The van der Waals surface area contributed by atoms with Crippen molar-refractivity contribution in [3.05, 3.63) is 53.6 Å². The summed E-state index contributed by atoms with van der Waals surface area (Å²) in [6.45, 7) is 4.86. The first-order valence-electron chi connectivity index (χ1n) is 9.67. The average Bonchev–Trinajstić information content (AvgIpc) is 3.32. The number of tetrazole rings is 1. The molecule has 0 unspecified atom stereocenters. The Kier molecular flexibility index (Phi) is 5.41. The molecule has 29 heavy (non-hydrogen) atoms. The first-order chi connectivity index (χ1) is 14.1. The van der Waals surface area contributed by atoms with Gasteiger partial charge in [-0.2, -0.15) is 4.80 Å². The van der Waals surface area contributed by atoms with Crippen molar-refractivity contribution >= 4 is 5.91 Å². The van der Waals surface area contributed by atoms with Crippen LogP contribution in [-0.2, 0) is 24.3 Å². The topological polar surface area (TPSA) is 91.2 Å². The Morgan fingerprint density at radius 3 is 2.93 bits per heavy atom. The van der Waals surface area contributed by atoms with E-state index in [1.807, 2.05) is 56.3 Å². The molecule has 0 aliphatic carbocycles. The Labute approximate surface area is 168 Å². The molecule has 0 saturated carbocycles. The molecular weight excluding hydrogens is 370 g/mol. The fourth-order valence-corrected chi connectivity index (χ4v) is 3.30. The molecule has 1 atom stereocenters. The van der Waals surface area contributed by atoms with Gasteiger partial charge < -0.3 is 14.8 Å². The average molecular weight is 393 g/mol. The lowest BCUT2D eigenvalue weighted by atomic mass is 10.1. The van der Waals surface area contributed by atoms with E-state index in [9.17, 15) is 4.79 Å². The van der Waals surface area contributed by atoms with Crippen molar-refractivity contribution in [2.45, 2.75) is 39.5 Å². The third-order valence-electron chi connectivity index (χ3n) is 4.62. The van der Waals surface area contributed by atoms with E-state index in [0.29, 0.717) is 19.0 Å². The molecule has 4 rings (SSSR count). The van der Waals surface area contributed by atoms with Crippen molar-refractivity contribution in [3.63, 3.8) is 0 Å². The van der Waals surface area contributed by atoms with Crippen molar-refractivity contribution in [1.29, 1.82) is 0 Å². The van der Waals surface area contributed by atoms with E-state index in [0.717, 1.165) is 34.6 Å². The number of hydrogen-bond acceptors (Lipinski definition) is 6. The number of nitrogens with zero attached hydrogens (tertiary/aromatic N) is 4. The van der Waals surface area contributed by atoms with Gasteiger partial charge in [0.25, 0.3) is 0 Å². The van der Waals surface area contributed by atoms with Crippen LogP contribution in [0.5, 0.6) is 11.5 Å². The highest BCUT2D eigenvalue weighted by atomic mass is 16.5. The molecule has 1 aliphatic heterocycles. The van der Waals surface area contributed by atoms with E-state index in [2.05, 4.69) is 20.7 Å². The third kappa shape index (κ3) is 4.37. The number of nitrogens with one attached hydrogen (secondary N) is 1. The zero-order valence-corrected chi connectivity index (χ0v) is 16.5. The molecular formula is C21H23N5O3. The summed E-state index contributed by atoms with van der Waals surface area (Å²) in [4.78, 5) is 13.7. The fraction of sp³-hybridized carbons (Fsp3) is 0.333. The molecule has 8 nitrogen and oxygen atoms in total. The number of carbonyl (C=O) groups excluding carboxylic acids is 1. The van der Waals surface area contributed by atoms with E-state index in [-0.39, 0.29) is 18.6 Å². The number of hydrogen-bond donors (Lipinski definition) is 1. The zero-order chi connectivity index (χ0) is 20.2. The van der Waals surface area contributed by atoms with Gasteiger partial charge in [-0.15, -0.1) is 10.2 Å². The van der Waals surface area contributed by atoms with Gasteiger partial charge >= 0.3 is 0 Å². The van der Waals surface area contributed by atoms with Crippen molar-refractivity contribution in [2.75, 3.05) is 6.61 Å². The molecule has 0 spiro atoms. The molecule has 2 heterocycles. The van der Waals surface area contributed by atoms with E-state index < -0.39 is 0 Å². The van der Waals surface area contributed by atoms with Crippen LogP contribution in [0.3, 0.4) is 0 Å². The highest BCUT2D eigenvalue weighted by molar-refractivity contribution is 5.75. The van der Waals surface area contributed by atoms with Crippen LogP contribution in [0.2, 0.25) is 0 Å². The normalized spacial score (nSPS) is 14.9. The van der Waals surface area contributed by atoms with Crippen LogP contribution in [0.25, 0.3) is 11.4 Å². The summed E-state index contributed by atoms with van der Waals surface area (Å²) in [5.41, 5.74) is 2.87. The second-order valence-electron chi connectivity index (χ2n) is 6.92. The third-order valence-corrected chi connectivity index (χ3v) is 4.62. The van der Waals surface area contributed by atoms with Gasteiger partial charge in [0.1, 0.15) is 24.1 Å². The maximum Gasteiger partial charge on any atom is 0.243 e. The van der Waals surface area contributed by atoms with E-state index in [1.165, 1.54) is 4.80 Å². The molecule has 1 amide bonds. The maximum absolute atomic E-state index is 12.4. The Balaban J connectivity index is 1.40. The molecule has 0 bridgehead atoms. The minimum atomic E-state index is -0.209. The van der Waals surface area contributed by atoms with Gasteiger partial charge in [0.05, 0.1) is 6.61 Å². The summed E-state index contributed by atoms with van der Waals surface area (Å²) >= 11 is 0. The van der Waals surface area contributed by atoms with Crippen molar-refractivity contribution < 1.29 is 14.3 Å². The Morgan fingerprint density at radius 1 is 1.31 bits per heavy atom. The summed E-state index contributed by atoms with van der Waals surface area (Å²) in [6.07, 6.45) is 1.02. The monoisotopic (exact) mass is 393 g/mol. The largest absolute Gasteiger partial charge is 0.494 e. The lowest BCUT2D eigenvalue weighted by Crippen LogP contribution is -2.28. The molecule has 3 aromatic rings. The van der Waals surface area contributed by atoms with Crippen LogP contribution in [0.1, 0.15) is 25.0 Å². The molecule has 2 aromatic carbocycles. The van der Waals surface area contributed by atoms with Gasteiger partial charge in [-0.05, 0) is 31.2 Å². The number of amides is 1. The van der Waals surface area contributed by atoms with E-state index in [4.69, 9.17) is 9.47 Å². The molecule has 1 aromatic heterocycles. The first-order valence-corrected chi connectivity index (χ1v) is 9.67. The summed E-state index contributed by atoms with van der Waals surface area (Å²) in [7, 11) is 0. The quantitative estimate of drug-likeness (QED) is 0.663. The van der Waals surface area contributed by atoms with Gasteiger partial charge in [0.2, 0.25) is 11.7 Å². The maximum atomic E-state index is 12.4. The van der Waals surface area contributed by atoms with Crippen LogP contribution in [0, 0.1) is 0 Å². The molecule has 1 N–H and O–H groups in total. The molecule has 8 heteroatoms. The number of carbonyl (C=O) groups is 1. The molecule has 150 valence electrons. The van der Waals surface area contributed by atoms with Gasteiger partial charge in [-0.25, -0.2) is 0 Å². The fourth-order valence-electron chi connectivity index (χ4n) is 3.30. The lowest BCUT2D eigenvalue weighted by Gasteiger charge is -2.13. The Morgan fingerprint density at radius 2 is 2.14 bits per heavy atom. The summed E-state index contributed by atoms with van der Waals surface area (Å²) in [5, 5.41) is 15.1. The second kappa shape index (κ2) is 8.30.